The first-order valence-corrected chi connectivity index (χ1v) is 7.96. The summed E-state index contributed by atoms with van der Waals surface area (Å²) in [5.74, 6) is 0.273. The normalized spacial score (nSPS) is 19.1. The van der Waals surface area contributed by atoms with Crippen molar-refractivity contribution >= 4 is 5.82 Å². The Morgan fingerprint density at radius 3 is 3.00 bits per heavy atom. The molecule has 0 saturated carbocycles. The number of nitrogens with one attached hydrogen (secondary N) is 1. The van der Waals surface area contributed by atoms with Gasteiger partial charge in [0.25, 0.3) is 0 Å². The molecule has 1 aromatic rings. The Labute approximate surface area is 127 Å². The molecule has 0 spiro atoms. The number of hydrogen-bond acceptors (Lipinski definition) is 4. The molecule has 1 aliphatic rings. The fraction of sp³-hybridized carbons (Fsp3) is 0.688. The third-order valence-electron chi connectivity index (χ3n) is 4.27. The molecule has 0 amide bonds. The summed E-state index contributed by atoms with van der Waals surface area (Å²) in [6.07, 6.45) is 4.13. The minimum atomic E-state index is -0.193. The summed E-state index contributed by atoms with van der Waals surface area (Å²) >= 11 is 0. The van der Waals surface area contributed by atoms with Crippen LogP contribution in [-0.4, -0.2) is 49.2 Å². The SMILES string of the molecule is CCNCc1ccnc(N(C)CC2CCCN2CC)c1F. The maximum absolute atomic E-state index is 14.5. The number of likely N-dealkylation sites (N-methyl/N-ethyl adjacent to an activating group) is 2. The van der Waals surface area contributed by atoms with E-state index in [1.807, 2.05) is 18.9 Å². The summed E-state index contributed by atoms with van der Waals surface area (Å²) in [6.45, 7) is 8.65. The van der Waals surface area contributed by atoms with Crippen molar-refractivity contribution in [3.05, 3.63) is 23.6 Å². The van der Waals surface area contributed by atoms with Crippen LogP contribution in [0.15, 0.2) is 12.3 Å². The Bertz CT molecular complexity index is 452. The highest BCUT2D eigenvalue weighted by Crippen LogP contribution is 2.22. The van der Waals surface area contributed by atoms with E-state index in [2.05, 4.69) is 22.1 Å². The molecule has 2 heterocycles. The Morgan fingerprint density at radius 2 is 2.29 bits per heavy atom. The first-order valence-electron chi connectivity index (χ1n) is 7.96. The lowest BCUT2D eigenvalue weighted by Gasteiger charge is -2.28. The van der Waals surface area contributed by atoms with E-state index in [-0.39, 0.29) is 5.82 Å². The van der Waals surface area contributed by atoms with Gasteiger partial charge < -0.3 is 10.2 Å². The maximum Gasteiger partial charge on any atom is 0.170 e. The molecule has 1 aliphatic heterocycles. The third kappa shape index (κ3) is 3.92. The molecule has 5 heteroatoms. The summed E-state index contributed by atoms with van der Waals surface area (Å²) in [4.78, 5) is 8.68. The first kappa shape index (κ1) is 16.2. The molecular weight excluding hydrogens is 267 g/mol. The molecule has 1 fully saturated rings. The summed E-state index contributed by atoms with van der Waals surface area (Å²) in [6, 6.07) is 2.27. The van der Waals surface area contributed by atoms with E-state index < -0.39 is 0 Å². The lowest BCUT2D eigenvalue weighted by Crippen LogP contribution is -2.39. The molecule has 21 heavy (non-hydrogen) atoms. The summed E-state index contributed by atoms with van der Waals surface area (Å²) in [5.41, 5.74) is 0.687. The van der Waals surface area contributed by atoms with Crippen LogP contribution in [0.2, 0.25) is 0 Å². The number of rotatable bonds is 7. The first-order chi connectivity index (χ1) is 10.2. The van der Waals surface area contributed by atoms with Crippen LogP contribution in [0, 0.1) is 5.82 Å². The van der Waals surface area contributed by atoms with Gasteiger partial charge in [-0.2, -0.15) is 0 Å². The van der Waals surface area contributed by atoms with Gasteiger partial charge in [0.05, 0.1) is 0 Å². The van der Waals surface area contributed by atoms with Crippen molar-refractivity contribution in [2.24, 2.45) is 0 Å². The zero-order chi connectivity index (χ0) is 15.2. The lowest BCUT2D eigenvalue weighted by molar-refractivity contribution is 0.270. The number of anilines is 1. The van der Waals surface area contributed by atoms with Gasteiger partial charge in [-0.05, 0) is 38.5 Å². The van der Waals surface area contributed by atoms with Crippen LogP contribution >= 0.6 is 0 Å². The van der Waals surface area contributed by atoms with Crippen molar-refractivity contribution in [3.8, 4) is 0 Å². The minimum Gasteiger partial charge on any atom is -0.356 e. The summed E-state index contributed by atoms with van der Waals surface area (Å²) < 4.78 is 14.5. The molecule has 118 valence electrons. The van der Waals surface area contributed by atoms with Crippen molar-refractivity contribution < 1.29 is 4.39 Å². The van der Waals surface area contributed by atoms with Crippen LogP contribution in [0.5, 0.6) is 0 Å². The quantitative estimate of drug-likeness (QED) is 0.836. The zero-order valence-electron chi connectivity index (χ0n) is 13.4. The average Bonchev–Trinajstić information content (AvgIpc) is 2.93. The molecule has 2 rings (SSSR count). The molecule has 1 aromatic heterocycles. The molecule has 1 saturated heterocycles. The van der Waals surface area contributed by atoms with E-state index in [4.69, 9.17) is 0 Å². The number of pyridine rings is 1. The molecule has 1 unspecified atom stereocenters. The van der Waals surface area contributed by atoms with Gasteiger partial charge in [0.15, 0.2) is 11.6 Å². The second kappa shape index (κ2) is 7.71. The van der Waals surface area contributed by atoms with Crippen LogP contribution in [0.4, 0.5) is 10.2 Å². The van der Waals surface area contributed by atoms with Crippen LogP contribution in [-0.2, 0) is 6.54 Å². The second-order valence-corrected chi connectivity index (χ2v) is 5.69. The number of aromatic nitrogens is 1. The number of likely N-dealkylation sites (tertiary alicyclic amines) is 1. The van der Waals surface area contributed by atoms with E-state index in [0.29, 0.717) is 24.0 Å². The number of nitrogens with zero attached hydrogens (tertiary/aromatic N) is 3. The second-order valence-electron chi connectivity index (χ2n) is 5.69. The highest BCUT2D eigenvalue weighted by molar-refractivity contribution is 5.42. The third-order valence-corrected chi connectivity index (χ3v) is 4.27. The standard InChI is InChI=1S/C16H27FN4/c1-4-18-11-13-8-9-19-16(15(13)17)20(3)12-14-7-6-10-21(14)5-2/h8-9,14,18H,4-7,10-12H2,1-3H3. The molecule has 0 aliphatic carbocycles. The smallest absolute Gasteiger partial charge is 0.170 e. The monoisotopic (exact) mass is 294 g/mol. The van der Waals surface area contributed by atoms with E-state index in [9.17, 15) is 4.39 Å². The minimum absolute atomic E-state index is 0.193. The van der Waals surface area contributed by atoms with E-state index in [0.717, 1.165) is 26.2 Å². The summed E-state index contributed by atoms with van der Waals surface area (Å²) in [5, 5.41) is 3.17. The van der Waals surface area contributed by atoms with Crippen LogP contribution < -0.4 is 10.2 Å². The van der Waals surface area contributed by atoms with E-state index in [1.165, 1.54) is 12.8 Å². The van der Waals surface area contributed by atoms with E-state index in [1.54, 1.807) is 12.3 Å². The van der Waals surface area contributed by atoms with Crippen LogP contribution in [0.3, 0.4) is 0 Å². The van der Waals surface area contributed by atoms with Gasteiger partial charge in [-0.1, -0.05) is 13.8 Å². The zero-order valence-corrected chi connectivity index (χ0v) is 13.4. The van der Waals surface area contributed by atoms with Gasteiger partial charge in [0.2, 0.25) is 0 Å². The van der Waals surface area contributed by atoms with Crippen LogP contribution in [0.25, 0.3) is 0 Å². The fourth-order valence-electron chi connectivity index (χ4n) is 3.05. The van der Waals surface area contributed by atoms with Crippen LogP contribution in [0.1, 0.15) is 32.3 Å². The Balaban J connectivity index is 2.06. The Morgan fingerprint density at radius 1 is 1.48 bits per heavy atom. The average molecular weight is 294 g/mol. The van der Waals surface area contributed by atoms with E-state index >= 15 is 0 Å². The Hall–Kier alpha value is -1.20. The molecule has 1 atom stereocenters. The van der Waals surface area contributed by atoms with Gasteiger partial charge in [0.1, 0.15) is 0 Å². The molecule has 4 nitrogen and oxygen atoms in total. The van der Waals surface area contributed by atoms with Crippen molar-refractivity contribution in [2.45, 2.75) is 39.3 Å². The van der Waals surface area contributed by atoms with Gasteiger partial charge in [-0.3, -0.25) is 4.90 Å². The van der Waals surface area contributed by atoms with Gasteiger partial charge in [-0.15, -0.1) is 0 Å². The van der Waals surface area contributed by atoms with Crippen molar-refractivity contribution in [1.29, 1.82) is 0 Å². The molecule has 0 aromatic carbocycles. The number of hydrogen-bond donors (Lipinski definition) is 1. The van der Waals surface area contributed by atoms with Crippen molar-refractivity contribution in [1.82, 2.24) is 15.2 Å². The molecule has 0 bridgehead atoms. The summed E-state index contributed by atoms with van der Waals surface area (Å²) in [7, 11) is 1.94. The number of halogens is 1. The highest BCUT2D eigenvalue weighted by atomic mass is 19.1. The molecular formula is C16H27FN4. The maximum atomic E-state index is 14.5. The molecule has 0 radical (unpaired) electrons. The van der Waals surface area contributed by atoms with Crippen molar-refractivity contribution in [3.63, 3.8) is 0 Å². The topological polar surface area (TPSA) is 31.4 Å². The Kier molecular flexibility index (Phi) is 5.94. The highest BCUT2D eigenvalue weighted by Gasteiger charge is 2.25. The van der Waals surface area contributed by atoms with Gasteiger partial charge in [-0.25, -0.2) is 9.37 Å². The lowest BCUT2D eigenvalue weighted by atomic mass is 10.2. The van der Waals surface area contributed by atoms with Gasteiger partial charge >= 0.3 is 0 Å². The van der Waals surface area contributed by atoms with Crippen molar-refractivity contribution in [2.75, 3.05) is 38.1 Å². The predicted molar refractivity (Wildman–Crippen MR) is 85.1 cm³/mol. The fourth-order valence-corrected chi connectivity index (χ4v) is 3.05. The van der Waals surface area contributed by atoms with Gasteiger partial charge in [0, 0.05) is 37.9 Å². The predicted octanol–water partition coefficient (Wildman–Crippen LogP) is 2.25. The molecule has 1 N–H and O–H groups in total. The largest absolute Gasteiger partial charge is 0.356 e.